The van der Waals surface area contributed by atoms with Gasteiger partial charge in [0.2, 0.25) is 12.3 Å². The summed E-state index contributed by atoms with van der Waals surface area (Å²) in [6, 6.07) is 6.17. The Kier molecular flexibility index (Phi) is 10.8. The zero-order valence-electron chi connectivity index (χ0n) is 20.3. The van der Waals surface area contributed by atoms with Gasteiger partial charge in [0.15, 0.2) is 16.7 Å². The Hall–Kier alpha value is -3.54. The third-order valence-electron chi connectivity index (χ3n) is 4.74. The summed E-state index contributed by atoms with van der Waals surface area (Å²) in [5.41, 5.74) is -0.0512. The number of benzene rings is 1. The van der Waals surface area contributed by atoms with E-state index in [1.165, 1.54) is 25.3 Å². The number of rotatable bonds is 12. The number of alkyl halides is 3. The van der Waals surface area contributed by atoms with E-state index in [1.54, 1.807) is 38.4 Å². The molecule has 0 bridgehead atoms. The van der Waals surface area contributed by atoms with Crippen molar-refractivity contribution in [3.05, 3.63) is 59.6 Å². The van der Waals surface area contributed by atoms with E-state index in [2.05, 4.69) is 15.3 Å². The molecule has 12 heteroatoms. The summed E-state index contributed by atoms with van der Waals surface area (Å²) < 4.78 is 51.1. The fourth-order valence-corrected chi connectivity index (χ4v) is 3.68. The van der Waals surface area contributed by atoms with Crippen LogP contribution in [0.4, 0.5) is 13.2 Å². The zero-order valence-corrected chi connectivity index (χ0v) is 21.1. The third-order valence-corrected chi connectivity index (χ3v) is 5.59. The Morgan fingerprint density at radius 1 is 1.14 bits per heavy atom. The molecule has 2 rings (SSSR count). The van der Waals surface area contributed by atoms with Crippen molar-refractivity contribution in [2.45, 2.75) is 24.2 Å². The first kappa shape index (κ1) is 28.7. The first-order valence-corrected chi connectivity index (χ1v) is 11.6. The number of allylic oxidation sites excluding steroid dienone is 3. The molecule has 36 heavy (non-hydrogen) atoms. The van der Waals surface area contributed by atoms with Crippen LogP contribution in [0.3, 0.4) is 0 Å². The Bertz CT molecular complexity index is 1120. The van der Waals surface area contributed by atoms with Crippen LogP contribution in [0, 0.1) is 0 Å². The second-order valence-corrected chi connectivity index (χ2v) is 8.55. The summed E-state index contributed by atoms with van der Waals surface area (Å²) in [5, 5.41) is 2.22. The molecule has 194 valence electrons. The topological polar surface area (TPSA) is 93.6 Å². The average molecular weight is 525 g/mol. The van der Waals surface area contributed by atoms with Crippen LogP contribution in [0.25, 0.3) is 5.57 Å². The van der Waals surface area contributed by atoms with Crippen LogP contribution >= 0.6 is 11.8 Å². The molecule has 8 nitrogen and oxygen atoms in total. The van der Waals surface area contributed by atoms with E-state index >= 15 is 0 Å². The zero-order chi connectivity index (χ0) is 26.7. The fraction of sp³-hybridized carbons (Fsp3) is 0.333. The number of ether oxygens (including phenoxy) is 2. The summed E-state index contributed by atoms with van der Waals surface area (Å²) >= 11 is 0.943. The van der Waals surface area contributed by atoms with Gasteiger partial charge >= 0.3 is 6.18 Å². The van der Waals surface area contributed by atoms with Crippen LogP contribution in [0.5, 0.6) is 11.5 Å². The van der Waals surface area contributed by atoms with Crippen LogP contribution in [0.2, 0.25) is 0 Å². The highest BCUT2D eigenvalue weighted by molar-refractivity contribution is 7.99. The maximum atomic E-state index is 13.5. The molecule has 0 saturated carbocycles. The maximum absolute atomic E-state index is 13.5. The van der Waals surface area contributed by atoms with Gasteiger partial charge in [0, 0.05) is 38.0 Å². The lowest BCUT2D eigenvalue weighted by Crippen LogP contribution is -2.21. The Labute approximate surface area is 211 Å². The third kappa shape index (κ3) is 8.59. The molecule has 0 aliphatic carbocycles. The fourth-order valence-electron chi connectivity index (χ4n) is 2.90. The highest BCUT2D eigenvalue weighted by atomic mass is 32.2. The molecule has 0 unspecified atom stereocenters. The van der Waals surface area contributed by atoms with Crippen molar-refractivity contribution in [3.8, 4) is 11.5 Å². The number of aromatic nitrogens is 2. The van der Waals surface area contributed by atoms with Crippen molar-refractivity contribution < 1.29 is 32.2 Å². The predicted octanol–water partition coefficient (Wildman–Crippen LogP) is 3.97. The van der Waals surface area contributed by atoms with Gasteiger partial charge in [0.05, 0.1) is 19.9 Å². The van der Waals surface area contributed by atoms with E-state index in [9.17, 15) is 22.8 Å². The summed E-state index contributed by atoms with van der Waals surface area (Å²) in [4.78, 5) is 31.9. The second-order valence-electron chi connectivity index (χ2n) is 7.49. The van der Waals surface area contributed by atoms with E-state index < -0.39 is 11.9 Å². The lowest BCUT2D eigenvalue weighted by atomic mass is 10.1. The predicted molar refractivity (Wildman–Crippen MR) is 131 cm³/mol. The van der Waals surface area contributed by atoms with Gasteiger partial charge in [-0.25, -0.2) is 9.97 Å². The Morgan fingerprint density at radius 2 is 1.86 bits per heavy atom. The SMILES string of the molecule is COc1ccc(C/C=C\C(=C/NC=O)c2cc(C(F)(F)F)nc(SCCC(=O)N(C)C)n2)cc1OC. The minimum absolute atomic E-state index is 0.0309. The first-order chi connectivity index (χ1) is 17.1. The molecule has 0 radical (unpaired) electrons. The van der Waals surface area contributed by atoms with E-state index in [0.717, 1.165) is 23.4 Å². The van der Waals surface area contributed by atoms with Gasteiger partial charge in [-0.3, -0.25) is 9.59 Å². The van der Waals surface area contributed by atoms with Gasteiger partial charge < -0.3 is 19.7 Å². The van der Waals surface area contributed by atoms with E-state index in [0.29, 0.717) is 24.3 Å². The maximum Gasteiger partial charge on any atom is 0.433 e. The van der Waals surface area contributed by atoms with Gasteiger partial charge in [-0.15, -0.1) is 0 Å². The van der Waals surface area contributed by atoms with Gasteiger partial charge in [-0.2, -0.15) is 13.2 Å². The number of carbonyl (C=O) groups is 2. The van der Waals surface area contributed by atoms with Crippen molar-refractivity contribution >= 4 is 29.7 Å². The molecule has 1 aromatic heterocycles. The summed E-state index contributed by atoms with van der Waals surface area (Å²) in [6.45, 7) is 0. The van der Waals surface area contributed by atoms with Crippen molar-refractivity contribution in [1.29, 1.82) is 0 Å². The van der Waals surface area contributed by atoms with Crippen molar-refractivity contribution in [3.63, 3.8) is 0 Å². The van der Waals surface area contributed by atoms with Gasteiger partial charge in [0.25, 0.3) is 0 Å². The molecule has 2 aromatic rings. The van der Waals surface area contributed by atoms with E-state index in [-0.39, 0.29) is 34.5 Å². The standard InChI is InChI=1S/C24H27F3N4O4S/c1-31(2)22(33)10-11-36-23-29-18(13-21(30-23)24(25,26)27)17(14-28-15-32)7-5-6-16-8-9-19(34-3)20(12-16)35-4/h5,7-9,12-15H,6,10-11H2,1-4H3,(H,28,32)/b7-5-,17-14+. The van der Waals surface area contributed by atoms with Crippen molar-refractivity contribution in [2.24, 2.45) is 0 Å². The van der Waals surface area contributed by atoms with E-state index in [4.69, 9.17) is 9.47 Å². The number of hydrogen-bond acceptors (Lipinski definition) is 7. The lowest BCUT2D eigenvalue weighted by molar-refractivity contribution is -0.141. The molecular weight excluding hydrogens is 497 g/mol. The molecule has 1 heterocycles. The summed E-state index contributed by atoms with van der Waals surface area (Å²) in [7, 11) is 6.23. The summed E-state index contributed by atoms with van der Waals surface area (Å²) in [5.74, 6) is 1.16. The largest absolute Gasteiger partial charge is 0.493 e. The molecule has 0 fully saturated rings. The number of halogens is 3. The van der Waals surface area contributed by atoms with Crippen LogP contribution in [0.1, 0.15) is 23.4 Å². The van der Waals surface area contributed by atoms with Crippen molar-refractivity contribution in [2.75, 3.05) is 34.1 Å². The number of carbonyl (C=O) groups excluding carboxylic acids is 2. The van der Waals surface area contributed by atoms with Gasteiger partial charge in [0.1, 0.15) is 5.69 Å². The average Bonchev–Trinajstić information content (AvgIpc) is 2.85. The lowest BCUT2D eigenvalue weighted by Gasteiger charge is -2.12. The van der Waals surface area contributed by atoms with Crippen molar-refractivity contribution in [1.82, 2.24) is 20.2 Å². The summed E-state index contributed by atoms with van der Waals surface area (Å²) in [6.07, 6.45) is 0.759. The number of methoxy groups -OCH3 is 2. The Balaban J connectivity index is 2.33. The number of thioether (sulfide) groups is 1. The molecule has 1 N–H and O–H groups in total. The monoisotopic (exact) mass is 524 g/mol. The molecule has 0 saturated heterocycles. The molecule has 0 aliphatic heterocycles. The molecule has 0 atom stereocenters. The first-order valence-electron chi connectivity index (χ1n) is 10.7. The van der Waals surface area contributed by atoms with Crippen LogP contribution in [-0.2, 0) is 22.2 Å². The normalized spacial score (nSPS) is 11.9. The number of amides is 2. The second kappa shape index (κ2) is 13.5. The quantitative estimate of drug-likeness (QED) is 0.194. The molecular formula is C24H27F3N4O4S. The smallest absolute Gasteiger partial charge is 0.433 e. The van der Waals surface area contributed by atoms with Gasteiger partial charge in [-0.1, -0.05) is 30.0 Å². The number of hydrogen-bond donors (Lipinski definition) is 1. The highest BCUT2D eigenvalue weighted by Gasteiger charge is 2.34. The molecule has 0 spiro atoms. The molecule has 2 amide bonds. The van der Waals surface area contributed by atoms with Crippen LogP contribution < -0.4 is 14.8 Å². The van der Waals surface area contributed by atoms with E-state index in [1.807, 2.05) is 6.07 Å². The molecule has 1 aromatic carbocycles. The van der Waals surface area contributed by atoms with Crippen LogP contribution in [-0.4, -0.2) is 61.3 Å². The highest BCUT2D eigenvalue weighted by Crippen LogP contribution is 2.31. The minimum atomic E-state index is -4.71. The van der Waals surface area contributed by atoms with Crippen LogP contribution in [0.15, 0.2) is 47.8 Å². The van der Waals surface area contributed by atoms with Gasteiger partial charge in [-0.05, 0) is 30.2 Å². The minimum Gasteiger partial charge on any atom is -0.493 e. The molecule has 0 aliphatic rings. The number of nitrogens with one attached hydrogen (secondary N) is 1. The number of nitrogens with zero attached hydrogens (tertiary/aromatic N) is 3. The Morgan fingerprint density at radius 3 is 2.47 bits per heavy atom.